The van der Waals surface area contributed by atoms with Crippen molar-refractivity contribution in [2.24, 2.45) is 13.0 Å². The van der Waals surface area contributed by atoms with Gasteiger partial charge in [-0.05, 0) is 14.1 Å². The van der Waals surface area contributed by atoms with Gasteiger partial charge in [0.05, 0.1) is 17.2 Å². The summed E-state index contributed by atoms with van der Waals surface area (Å²) in [5.74, 6) is 0.712. The number of carbonyl (C=O) groups excluding carboxylic acids is 1. The summed E-state index contributed by atoms with van der Waals surface area (Å²) < 4.78 is 26.9. The minimum atomic E-state index is -3.17. The van der Waals surface area contributed by atoms with E-state index in [4.69, 9.17) is 0 Å². The number of fused-ring (bicyclic) bond motifs is 1. The monoisotopic (exact) mass is 388 g/mol. The molecule has 2 aliphatic rings. The maximum Gasteiger partial charge on any atom is 0.272 e. The van der Waals surface area contributed by atoms with Crippen molar-refractivity contribution in [3.63, 3.8) is 0 Å². The van der Waals surface area contributed by atoms with Gasteiger partial charge in [-0.2, -0.15) is 0 Å². The molecule has 0 bridgehead atoms. The van der Waals surface area contributed by atoms with Gasteiger partial charge in [-0.1, -0.05) is 30.3 Å². The number of imidazole rings is 1. The highest BCUT2D eigenvalue weighted by atomic mass is 32.2. The fourth-order valence-electron chi connectivity index (χ4n) is 4.36. The van der Waals surface area contributed by atoms with E-state index in [1.54, 1.807) is 15.7 Å². The molecule has 0 saturated carbocycles. The Morgan fingerprint density at radius 1 is 1.19 bits per heavy atom. The lowest BCUT2D eigenvalue weighted by atomic mass is 10.00. The molecule has 2 saturated heterocycles. The summed E-state index contributed by atoms with van der Waals surface area (Å²) in [5, 5.41) is -0.462. The Hall–Kier alpha value is -2.19. The van der Waals surface area contributed by atoms with E-state index in [-0.39, 0.29) is 30.2 Å². The van der Waals surface area contributed by atoms with Gasteiger partial charge in [0, 0.05) is 37.7 Å². The molecule has 0 spiro atoms. The minimum absolute atomic E-state index is 0.0317. The number of hydrogen-bond acceptors (Lipinski definition) is 5. The third-order valence-electron chi connectivity index (χ3n) is 5.86. The Morgan fingerprint density at radius 2 is 1.89 bits per heavy atom. The Balaban J connectivity index is 1.60. The molecule has 1 aromatic carbocycles. The fraction of sp³-hybridized carbons (Fsp3) is 0.474. The number of rotatable bonds is 3. The Bertz CT molecular complexity index is 968. The number of aromatic nitrogens is 2. The first-order valence-electron chi connectivity index (χ1n) is 9.04. The second kappa shape index (κ2) is 6.45. The van der Waals surface area contributed by atoms with Crippen LogP contribution in [0.1, 0.15) is 10.5 Å². The van der Waals surface area contributed by atoms with E-state index >= 15 is 0 Å². The van der Waals surface area contributed by atoms with Crippen molar-refractivity contribution in [2.75, 3.05) is 32.9 Å². The lowest BCUT2D eigenvalue weighted by Gasteiger charge is -2.25. The maximum absolute atomic E-state index is 13.1. The van der Waals surface area contributed by atoms with E-state index in [1.165, 1.54) is 0 Å². The van der Waals surface area contributed by atoms with Gasteiger partial charge < -0.3 is 14.4 Å². The third-order valence-corrected chi connectivity index (χ3v) is 8.08. The minimum Gasteiger partial charge on any atom is -0.336 e. The molecule has 0 radical (unpaired) electrons. The summed E-state index contributed by atoms with van der Waals surface area (Å²) in [4.78, 5) is 21.1. The van der Waals surface area contributed by atoms with Crippen LogP contribution in [0.2, 0.25) is 0 Å². The molecule has 1 aromatic heterocycles. The zero-order valence-corrected chi connectivity index (χ0v) is 16.6. The number of carbonyl (C=O) groups is 1. The van der Waals surface area contributed by atoms with Gasteiger partial charge in [0.25, 0.3) is 5.91 Å². The maximum atomic E-state index is 13.1. The van der Waals surface area contributed by atoms with Crippen molar-refractivity contribution in [1.82, 2.24) is 19.4 Å². The van der Waals surface area contributed by atoms with Crippen LogP contribution in [0.3, 0.4) is 0 Å². The van der Waals surface area contributed by atoms with Crippen LogP contribution in [-0.2, 0) is 16.9 Å². The number of sulfone groups is 1. The second-order valence-corrected chi connectivity index (χ2v) is 9.93. The van der Waals surface area contributed by atoms with Crippen LogP contribution >= 0.6 is 0 Å². The quantitative estimate of drug-likeness (QED) is 0.781. The second-order valence-electron chi connectivity index (χ2n) is 7.67. The lowest BCUT2D eigenvalue weighted by molar-refractivity contribution is 0.0770. The van der Waals surface area contributed by atoms with Gasteiger partial charge in [0.1, 0.15) is 11.5 Å². The van der Waals surface area contributed by atoms with Crippen molar-refractivity contribution in [2.45, 2.75) is 11.3 Å². The first kappa shape index (κ1) is 18.2. The summed E-state index contributed by atoms with van der Waals surface area (Å²) >= 11 is 0. The van der Waals surface area contributed by atoms with Gasteiger partial charge >= 0.3 is 0 Å². The molecule has 0 unspecified atom stereocenters. The van der Waals surface area contributed by atoms with Crippen LogP contribution in [0.4, 0.5) is 0 Å². The third kappa shape index (κ3) is 2.96. The van der Waals surface area contributed by atoms with Gasteiger partial charge in [-0.15, -0.1) is 0 Å². The van der Waals surface area contributed by atoms with E-state index in [0.29, 0.717) is 12.2 Å². The molecule has 3 heterocycles. The lowest BCUT2D eigenvalue weighted by Crippen LogP contribution is -2.39. The van der Waals surface area contributed by atoms with Crippen LogP contribution in [-0.4, -0.2) is 77.9 Å². The standard InChI is InChI=1S/C19H24N4O3S/c1-21(2)16-12-27(25,26)17-11-23(10-14(16)17)19(24)15-9-20-18(22(15)3)13-7-5-4-6-8-13/h4-9,14,16-17H,10-12H2,1-3H3/t14-,16-,17-/m0/s1. The molecule has 0 N–H and O–H groups in total. The molecular weight excluding hydrogens is 364 g/mol. The Kier molecular flexibility index (Phi) is 4.35. The smallest absolute Gasteiger partial charge is 0.272 e. The summed E-state index contributed by atoms with van der Waals surface area (Å²) in [5.41, 5.74) is 1.42. The first-order valence-corrected chi connectivity index (χ1v) is 10.8. The number of amides is 1. The van der Waals surface area contributed by atoms with Crippen LogP contribution in [0.5, 0.6) is 0 Å². The molecule has 2 aliphatic heterocycles. The van der Waals surface area contributed by atoms with E-state index < -0.39 is 15.1 Å². The van der Waals surface area contributed by atoms with Gasteiger partial charge in [-0.25, -0.2) is 13.4 Å². The molecular formula is C19H24N4O3S. The zero-order chi connectivity index (χ0) is 19.3. The zero-order valence-electron chi connectivity index (χ0n) is 15.7. The Labute approximate surface area is 159 Å². The van der Waals surface area contributed by atoms with E-state index in [2.05, 4.69) is 4.98 Å². The molecule has 7 nitrogen and oxygen atoms in total. The fourth-order valence-corrected chi connectivity index (χ4v) is 6.83. The highest BCUT2D eigenvalue weighted by Gasteiger charge is 2.53. The predicted molar refractivity (Wildman–Crippen MR) is 103 cm³/mol. The highest BCUT2D eigenvalue weighted by Crippen LogP contribution is 2.36. The van der Waals surface area contributed by atoms with Gasteiger partial charge in [0.2, 0.25) is 0 Å². The average molecular weight is 388 g/mol. The van der Waals surface area contributed by atoms with Gasteiger partial charge in [-0.3, -0.25) is 4.79 Å². The van der Waals surface area contributed by atoms with Crippen molar-refractivity contribution in [3.05, 3.63) is 42.2 Å². The Morgan fingerprint density at radius 3 is 2.56 bits per heavy atom. The van der Waals surface area contributed by atoms with Crippen LogP contribution in [0.25, 0.3) is 11.4 Å². The summed E-state index contributed by atoms with van der Waals surface area (Å²) in [6.07, 6.45) is 1.58. The van der Waals surface area contributed by atoms with Crippen molar-refractivity contribution in [1.29, 1.82) is 0 Å². The normalized spacial score (nSPS) is 26.5. The number of likely N-dealkylation sites (tertiary alicyclic amines) is 1. The average Bonchev–Trinajstić information content (AvgIpc) is 3.29. The van der Waals surface area contributed by atoms with E-state index in [0.717, 1.165) is 11.4 Å². The summed E-state index contributed by atoms with van der Waals surface area (Å²) in [6, 6.07) is 9.65. The molecule has 2 aromatic rings. The molecule has 4 rings (SSSR count). The SMILES string of the molecule is CN(C)[C@H]1CS(=O)(=O)[C@H]2CN(C(=O)c3cnc(-c4ccccc4)n3C)C[C@@H]12. The number of benzene rings is 1. The van der Waals surface area contributed by atoms with E-state index in [1.807, 2.05) is 56.4 Å². The number of nitrogens with zero attached hydrogens (tertiary/aromatic N) is 4. The van der Waals surface area contributed by atoms with Crippen molar-refractivity contribution >= 4 is 15.7 Å². The topological polar surface area (TPSA) is 75.5 Å². The molecule has 2 fully saturated rings. The van der Waals surface area contributed by atoms with Crippen molar-refractivity contribution in [3.8, 4) is 11.4 Å². The molecule has 144 valence electrons. The molecule has 1 amide bonds. The van der Waals surface area contributed by atoms with Crippen LogP contribution < -0.4 is 0 Å². The van der Waals surface area contributed by atoms with Crippen molar-refractivity contribution < 1.29 is 13.2 Å². The molecule has 27 heavy (non-hydrogen) atoms. The van der Waals surface area contributed by atoms with Gasteiger partial charge in [0.15, 0.2) is 9.84 Å². The molecule has 8 heteroatoms. The number of hydrogen-bond donors (Lipinski definition) is 0. The van der Waals surface area contributed by atoms with E-state index in [9.17, 15) is 13.2 Å². The summed E-state index contributed by atoms with van der Waals surface area (Å²) in [6.45, 7) is 0.736. The van der Waals surface area contributed by atoms with Crippen LogP contribution in [0, 0.1) is 5.92 Å². The highest BCUT2D eigenvalue weighted by molar-refractivity contribution is 7.92. The largest absolute Gasteiger partial charge is 0.336 e. The molecule has 0 aliphatic carbocycles. The predicted octanol–water partition coefficient (Wildman–Crippen LogP) is 0.886. The molecule has 3 atom stereocenters. The first-order chi connectivity index (χ1) is 12.8. The van der Waals surface area contributed by atoms with Crippen LogP contribution in [0.15, 0.2) is 36.5 Å². The summed E-state index contributed by atoms with van der Waals surface area (Å²) in [7, 11) is 2.45.